The number of ether oxygens (including phenoxy) is 1. The Morgan fingerprint density at radius 3 is 3.36 bits per heavy atom. The minimum absolute atomic E-state index is 0.670. The number of hydrogen-bond donors (Lipinski definition) is 1. The molecule has 0 radical (unpaired) electrons. The minimum atomic E-state index is 0.670. The summed E-state index contributed by atoms with van der Waals surface area (Å²) in [5, 5.41) is 3.25. The van der Waals surface area contributed by atoms with Crippen LogP contribution in [0.1, 0.15) is 19.3 Å². The molecule has 2 heteroatoms. The number of hydrogen-bond acceptors (Lipinski definition) is 2. The van der Waals surface area contributed by atoms with Gasteiger partial charge in [0.25, 0.3) is 0 Å². The van der Waals surface area contributed by atoms with Gasteiger partial charge in [0.2, 0.25) is 0 Å². The van der Waals surface area contributed by atoms with Gasteiger partial charge in [-0.25, -0.2) is 0 Å². The molecule has 1 aliphatic carbocycles. The standard InChI is InChI=1S/C9H13NO/c1-2-4-9-8(3-1)5-6-11-7-10-9/h2,4,10H,1,3,5-7H2. The Morgan fingerprint density at radius 1 is 1.36 bits per heavy atom. The quantitative estimate of drug-likeness (QED) is 0.567. The molecule has 0 aromatic carbocycles. The molecule has 0 aromatic rings. The molecule has 2 nitrogen and oxygen atoms in total. The van der Waals surface area contributed by atoms with Gasteiger partial charge < -0.3 is 10.1 Å². The summed E-state index contributed by atoms with van der Waals surface area (Å²) in [5.41, 5.74) is 2.83. The largest absolute Gasteiger partial charge is 0.363 e. The first-order valence-corrected chi connectivity index (χ1v) is 4.17. The average molecular weight is 151 g/mol. The highest BCUT2D eigenvalue weighted by molar-refractivity contribution is 5.28. The Kier molecular flexibility index (Phi) is 1.95. The molecule has 0 amide bonds. The van der Waals surface area contributed by atoms with Crippen LogP contribution in [0, 0.1) is 0 Å². The summed E-state index contributed by atoms with van der Waals surface area (Å²) < 4.78 is 5.30. The normalized spacial score (nSPS) is 24.0. The van der Waals surface area contributed by atoms with E-state index in [4.69, 9.17) is 4.74 Å². The molecule has 0 saturated heterocycles. The van der Waals surface area contributed by atoms with E-state index in [1.165, 1.54) is 24.1 Å². The average Bonchev–Trinajstić information content (AvgIpc) is 2.28. The van der Waals surface area contributed by atoms with Crippen molar-refractivity contribution in [1.29, 1.82) is 0 Å². The van der Waals surface area contributed by atoms with Crippen LogP contribution in [0.4, 0.5) is 0 Å². The van der Waals surface area contributed by atoms with Gasteiger partial charge in [-0.3, -0.25) is 0 Å². The topological polar surface area (TPSA) is 21.3 Å². The van der Waals surface area contributed by atoms with Crippen molar-refractivity contribution in [2.45, 2.75) is 19.3 Å². The molecule has 0 bridgehead atoms. The smallest absolute Gasteiger partial charge is 0.116 e. The first-order valence-electron chi connectivity index (χ1n) is 4.17. The highest BCUT2D eigenvalue weighted by atomic mass is 16.5. The Morgan fingerprint density at radius 2 is 2.36 bits per heavy atom. The monoisotopic (exact) mass is 151 g/mol. The van der Waals surface area contributed by atoms with Gasteiger partial charge >= 0.3 is 0 Å². The van der Waals surface area contributed by atoms with Gasteiger partial charge in [-0.1, -0.05) is 6.08 Å². The van der Waals surface area contributed by atoms with Gasteiger partial charge in [0.05, 0.1) is 6.61 Å². The van der Waals surface area contributed by atoms with E-state index in [9.17, 15) is 0 Å². The third-order valence-corrected chi connectivity index (χ3v) is 2.19. The lowest BCUT2D eigenvalue weighted by Crippen LogP contribution is -2.15. The summed E-state index contributed by atoms with van der Waals surface area (Å²) in [7, 11) is 0. The summed E-state index contributed by atoms with van der Waals surface area (Å²) in [6.07, 6.45) is 7.90. The van der Waals surface area contributed by atoms with E-state index in [0.717, 1.165) is 13.0 Å². The summed E-state index contributed by atoms with van der Waals surface area (Å²) in [5.74, 6) is 0. The summed E-state index contributed by atoms with van der Waals surface area (Å²) >= 11 is 0. The van der Waals surface area contributed by atoms with Crippen molar-refractivity contribution >= 4 is 0 Å². The maximum atomic E-state index is 5.30. The van der Waals surface area contributed by atoms with Crippen molar-refractivity contribution in [1.82, 2.24) is 5.32 Å². The summed E-state index contributed by atoms with van der Waals surface area (Å²) in [4.78, 5) is 0. The van der Waals surface area contributed by atoms with Gasteiger partial charge in [-0.15, -0.1) is 0 Å². The van der Waals surface area contributed by atoms with Crippen molar-refractivity contribution in [3.8, 4) is 0 Å². The molecule has 0 aromatic heterocycles. The van der Waals surface area contributed by atoms with Crippen LogP contribution < -0.4 is 5.32 Å². The van der Waals surface area contributed by atoms with E-state index in [-0.39, 0.29) is 0 Å². The van der Waals surface area contributed by atoms with Crippen LogP contribution >= 0.6 is 0 Å². The van der Waals surface area contributed by atoms with Gasteiger partial charge in [0.15, 0.2) is 0 Å². The zero-order chi connectivity index (χ0) is 7.52. The SMILES string of the molecule is C1=CC2=C(CC1)CCOCN2. The van der Waals surface area contributed by atoms with Crippen molar-refractivity contribution in [3.05, 3.63) is 23.4 Å². The van der Waals surface area contributed by atoms with E-state index in [0.29, 0.717) is 6.73 Å². The lowest BCUT2D eigenvalue weighted by molar-refractivity contribution is 0.133. The van der Waals surface area contributed by atoms with Crippen LogP contribution in [0.25, 0.3) is 0 Å². The third kappa shape index (κ3) is 1.46. The molecule has 0 spiro atoms. The highest BCUT2D eigenvalue weighted by Gasteiger charge is 2.10. The molecular formula is C9H13NO. The minimum Gasteiger partial charge on any atom is -0.363 e. The molecular weight excluding hydrogens is 138 g/mol. The fourth-order valence-corrected chi connectivity index (χ4v) is 1.55. The van der Waals surface area contributed by atoms with E-state index < -0.39 is 0 Å². The predicted molar refractivity (Wildman–Crippen MR) is 44.0 cm³/mol. The fraction of sp³-hybridized carbons (Fsp3) is 0.556. The van der Waals surface area contributed by atoms with Crippen molar-refractivity contribution < 1.29 is 4.74 Å². The molecule has 0 fully saturated rings. The Balaban J connectivity index is 2.17. The zero-order valence-corrected chi connectivity index (χ0v) is 6.60. The van der Waals surface area contributed by atoms with Crippen LogP contribution in [-0.4, -0.2) is 13.3 Å². The Bertz CT molecular complexity index is 206. The molecule has 2 rings (SSSR count). The molecule has 1 heterocycles. The first-order chi connectivity index (χ1) is 5.47. The number of allylic oxidation sites excluding steroid dienone is 2. The molecule has 0 unspecified atom stereocenters. The highest BCUT2D eigenvalue weighted by Crippen LogP contribution is 2.21. The van der Waals surface area contributed by atoms with E-state index in [1.807, 2.05) is 0 Å². The maximum absolute atomic E-state index is 5.30. The third-order valence-electron chi connectivity index (χ3n) is 2.19. The van der Waals surface area contributed by atoms with Gasteiger partial charge in [0, 0.05) is 5.70 Å². The van der Waals surface area contributed by atoms with Crippen LogP contribution in [0.5, 0.6) is 0 Å². The molecule has 2 aliphatic rings. The van der Waals surface area contributed by atoms with Gasteiger partial charge in [0.1, 0.15) is 6.73 Å². The molecule has 60 valence electrons. The molecule has 1 N–H and O–H groups in total. The molecule has 1 aliphatic heterocycles. The Labute approximate surface area is 66.9 Å². The second-order valence-electron chi connectivity index (χ2n) is 2.94. The summed E-state index contributed by atoms with van der Waals surface area (Å²) in [6.45, 7) is 1.54. The lowest BCUT2D eigenvalue weighted by atomic mass is 10.00. The maximum Gasteiger partial charge on any atom is 0.116 e. The van der Waals surface area contributed by atoms with Crippen LogP contribution in [0.2, 0.25) is 0 Å². The van der Waals surface area contributed by atoms with Crippen LogP contribution in [0.15, 0.2) is 23.4 Å². The Hall–Kier alpha value is -0.760. The van der Waals surface area contributed by atoms with Crippen molar-refractivity contribution in [2.24, 2.45) is 0 Å². The predicted octanol–water partition coefficient (Wildman–Crippen LogP) is 1.56. The van der Waals surface area contributed by atoms with E-state index in [1.54, 1.807) is 0 Å². The zero-order valence-electron chi connectivity index (χ0n) is 6.60. The van der Waals surface area contributed by atoms with Crippen molar-refractivity contribution in [2.75, 3.05) is 13.3 Å². The van der Waals surface area contributed by atoms with Crippen LogP contribution in [0.3, 0.4) is 0 Å². The van der Waals surface area contributed by atoms with E-state index >= 15 is 0 Å². The van der Waals surface area contributed by atoms with Crippen LogP contribution in [-0.2, 0) is 4.74 Å². The van der Waals surface area contributed by atoms with E-state index in [2.05, 4.69) is 17.5 Å². The first kappa shape index (κ1) is 6.92. The fourth-order valence-electron chi connectivity index (χ4n) is 1.55. The van der Waals surface area contributed by atoms with Gasteiger partial charge in [-0.2, -0.15) is 0 Å². The van der Waals surface area contributed by atoms with Crippen molar-refractivity contribution in [3.63, 3.8) is 0 Å². The molecule has 11 heavy (non-hydrogen) atoms. The second-order valence-corrected chi connectivity index (χ2v) is 2.94. The second kappa shape index (κ2) is 3.09. The summed E-state index contributed by atoms with van der Waals surface area (Å²) in [6, 6.07) is 0. The molecule has 0 atom stereocenters. The number of nitrogens with one attached hydrogen (secondary N) is 1. The molecule has 0 saturated carbocycles. The van der Waals surface area contributed by atoms with Gasteiger partial charge in [-0.05, 0) is 30.9 Å². The lowest BCUT2D eigenvalue weighted by Gasteiger charge is -2.12. The number of rotatable bonds is 0.